The van der Waals surface area contributed by atoms with Gasteiger partial charge in [-0.15, -0.1) is 0 Å². The molecular weight excluding hydrogens is 602 g/mol. The summed E-state index contributed by atoms with van der Waals surface area (Å²) in [5.41, 5.74) is -1.06. The van der Waals surface area contributed by atoms with Gasteiger partial charge in [-0.1, -0.05) is 40.2 Å². The van der Waals surface area contributed by atoms with Crippen LogP contribution in [0.1, 0.15) is 17.2 Å². The number of primary sulfonamides is 1. The smallest absolute Gasteiger partial charge is 0.328 e. The first-order valence-electron chi connectivity index (χ1n) is 12.4. The van der Waals surface area contributed by atoms with Crippen LogP contribution in [0.3, 0.4) is 0 Å². The molecule has 2 aliphatic rings. The Morgan fingerprint density at radius 3 is 1.88 bits per heavy atom. The lowest BCUT2D eigenvalue weighted by Crippen LogP contribution is -2.69. The number of amides is 4. The Hall–Kier alpha value is -3.62. The Balaban J connectivity index is 1.63. The molecule has 40 heavy (non-hydrogen) atoms. The molecular formula is C27H26BrN5O6S. The number of piperazine rings is 1. The number of nitrogens with zero attached hydrogens (tertiary/aromatic N) is 1. The molecule has 1 unspecified atom stereocenters. The summed E-state index contributed by atoms with van der Waals surface area (Å²) in [6.07, 6.45) is 0. The fourth-order valence-electron chi connectivity index (χ4n) is 5.15. The van der Waals surface area contributed by atoms with Crippen molar-refractivity contribution >= 4 is 43.8 Å². The monoisotopic (exact) mass is 627 g/mol. The molecule has 0 spiro atoms. The van der Waals surface area contributed by atoms with Gasteiger partial charge < -0.3 is 10.1 Å². The molecule has 2 heterocycles. The van der Waals surface area contributed by atoms with Crippen LogP contribution >= 0.6 is 15.9 Å². The first-order chi connectivity index (χ1) is 19.1. The molecule has 11 nitrogen and oxygen atoms in total. The van der Waals surface area contributed by atoms with Gasteiger partial charge in [0, 0.05) is 30.7 Å². The average molecular weight is 629 g/mol. The Morgan fingerprint density at radius 2 is 1.35 bits per heavy atom. The third-order valence-electron chi connectivity index (χ3n) is 6.98. The fourth-order valence-corrected chi connectivity index (χ4v) is 5.93. The van der Waals surface area contributed by atoms with E-state index in [1.54, 1.807) is 36.4 Å². The summed E-state index contributed by atoms with van der Waals surface area (Å²) in [7, 11) is -3.97. The van der Waals surface area contributed by atoms with Crippen LogP contribution in [-0.4, -0.2) is 57.3 Å². The van der Waals surface area contributed by atoms with Crippen molar-refractivity contribution in [3.63, 3.8) is 0 Å². The minimum atomic E-state index is -3.97. The quantitative estimate of drug-likeness (QED) is 0.290. The largest absolute Gasteiger partial charge is 0.457 e. The summed E-state index contributed by atoms with van der Waals surface area (Å²) in [4.78, 5) is 41.7. The summed E-state index contributed by atoms with van der Waals surface area (Å²) in [5.74, 6) is -0.507. The van der Waals surface area contributed by atoms with E-state index in [9.17, 15) is 22.8 Å². The lowest BCUT2D eigenvalue weighted by molar-refractivity contribution is -0.143. The van der Waals surface area contributed by atoms with E-state index < -0.39 is 39.3 Å². The Morgan fingerprint density at radius 1 is 0.825 bits per heavy atom. The number of rotatable bonds is 7. The van der Waals surface area contributed by atoms with Crippen molar-refractivity contribution in [1.82, 2.24) is 20.9 Å². The second kappa shape index (κ2) is 11.1. The number of imide groups is 2. The van der Waals surface area contributed by atoms with Crippen LogP contribution in [0.4, 0.5) is 4.79 Å². The molecule has 0 radical (unpaired) electrons. The highest BCUT2D eigenvalue weighted by atomic mass is 79.9. The van der Waals surface area contributed by atoms with Gasteiger partial charge in [0.15, 0.2) is 5.41 Å². The van der Waals surface area contributed by atoms with Crippen molar-refractivity contribution in [3.8, 4) is 11.5 Å². The molecule has 3 aromatic rings. The first kappa shape index (κ1) is 27.9. The number of hydrogen-bond donors (Lipinski definition) is 4. The molecule has 4 amide bonds. The van der Waals surface area contributed by atoms with E-state index in [0.717, 1.165) is 4.47 Å². The van der Waals surface area contributed by atoms with Crippen LogP contribution in [0, 0.1) is 0 Å². The maximum atomic E-state index is 13.8. The number of carbonyl (C=O) groups excluding carboxylic acids is 3. The third-order valence-corrected chi connectivity index (χ3v) is 8.44. The molecule has 5 rings (SSSR count). The van der Waals surface area contributed by atoms with E-state index in [-0.39, 0.29) is 4.90 Å². The number of halogens is 1. The number of benzene rings is 3. The highest BCUT2D eigenvalue weighted by Crippen LogP contribution is 2.44. The molecule has 0 aliphatic carbocycles. The highest BCUT2D eigenvalue weighted by Gasteiger charge is 2.59. The van der Waals surface area contributed by atoms with Crippen molar-refractivity contribution in [3.05, 3.63) is 88.4 Å². The van der Waals surface area contributed by atoms with Crippen LogP contribution in [0.15, 0.2) is 82.2 Å². The highest BCUT2D eigenvalue weighted by molar-refractivity contribution is 9.10. The second-order valence-electron chi connectivity index (χ2n) is 9.43. The fraction of sp³-hybridized carbons (Fsp3) is 0.222. The molecule has 2 fully saturated rings. The van der Waals surface area contributed by atoms with Crippen molar-refractivity contribution in [2.75, 3.05) is 26.2 Å². The number of sulfonamides is 1. The molecule has 1 atom stereocenters. The number of hydrogen-bond acceptors (Lipinski definition) is 8. The topological polar surface area (TPSA) is 160 Å². The van der Waals surface area contributed by atoms with Gasteiger partial charge in [0.1, 0.15) is 11.5 Å². The number of urea groups is 1. The van der Waals surface area contributed by atoms with Crippen LogP contribution in [0.5, 0.6) is 11.5 Å². The van der Waals surface area contributed by atoms with Crippen molar-refractivity contribution in [1.29, 1.82) is 0 Å². The van der Waals surface area contributed by atoms with Crippen molar-refractivity contribution in [2.24, 2.45) is 5.14 Å². The minimum Gasteiger partial charge on any atom is -0.457 e. The third kappa shape index (κ3) is 5.38. The Kier molecular flexibility index (Phi) is 7.75. The van der Waals surface area contributed by atoms with Crippen LogP contribution in [0.25, 0.3) is 0 Å². The standard InChI is InChI=1S/C27H26BrN5O6S/c28-19-5-9-21(10-6-19)39-20-7-3-18(4-8-20)27(24(34)31-26(36)32-25(27)35)23(33-15-13-30-14-16-33)17-1-11-22(12-2-17)40(29,37)38/h1-12,23,30H,13-16H2,(H2,29,37,38)(H2,31,32,34,35,36). The molecule has 2 aliphatic heterocycles. The van der Waals surface area contributed by atoms with Crippen LogP contribution in [0.2, 0.25) is 0 Å². The SMILES string of the molecule is NS(=O)(=O)c1ccc(C(N2CCNCC2)C2(c3ccc(Oc4ccc(Br)cc4)cc3)C(=O)NC(=O)NC2=O)cc1. The summed E-state index contributed by atoms with van der Waals surface area (Å²) in [6.45, 7) is 2.18. The molecule has 0 aromatic heterocycles. The normalized spacial score (nSPS) is 18.5. The molecule has 3 aromatic carbocycles. The molecule has 13 heteroatoms. The van der Waals surface area contributed by atoms with E-state index >= 15 is 0 Å². The zero-order valence-electron chi connectivity index (χ0n) is 21.1. The van der Waals surface area contributed by atoms with Crippen LogP contribution in [-0.2, 0) is 25.0 Å². The second-order valence-corrected chi connectivity index (χ2v) is 11.9. The lowest BCUT2D eigenvalue weighted by atomic mass is 9.68. The Labute approximate surface area is 239 Å². The van der Waals surface area contributed by atoms with Gasteiger partial charge in [0.05, 0.1) is 10.9 Å². The molecule has 0 saturated carbocycles. The summed E-state index contributed by atoms with van der Waals surface area (Å²) in [5, 5.41) is 13.1. The van der Waals surface area contributed by atoms with E-state index in [1.165, 1.54) is 24.3 Å². The summed E-state index contributed by atoms with van der Waals surface area (Å²) >= 11 is 3.39. The summed E-state index contributed by atoms with van der Waals surface area (Å²) < 4.78 is 30.6. The predicted octanol–water partition coefficient (Wildman–Crippen LogP) is 2.14. The number of nitrogens with one attached hydrogen (secondary N) is 3. The van der Waals surface area contributed by atoms with Gasteiger partial charge in [-0.05, 0) is 59.7 Å². The van der Waals surface area contributed by atoms with E-state index in [2.05, 4.69) is 31.9 Å². The van der Waals surface area contributed by atoms with Gasteiger partial charge in [0.25, 0.3) is 0 Å². The maximum absolute atomic E-state index is 13.8. The number of barbiturate groups is 1. The van der Waals surface area contributed by atoms with Gasteiger partial charge in [0.2, 0.25) is 21.8 Å². The average Bonchev–Trinajstić information content (AvgIpc) is 2.93. The van der Waals surface area contributed by atoms with Gasteiger partial charge >= 0.3 is 6.03 Å². The molecule has 208 valence electrons. The van der Waals surface area contributed by atoms with Crippen LogP contribution < -0.4 is 25.8 Å². The number of carbonyl (C=O) groups is 3. The molecule has 5 N–H and O–H groups in total. The van der Waals surface area contributed by atoms with E-state index in [0.29, 0.717) is 48.8 Å². The van der Waals surface area contributed by atoms with Gasteiger partial charge in [-0.25, -0.2) is 18.4 Å². The zero-order valence-corrected chi connectivity index (χ0v) is 23.5. The number of ether oxygens (including phenoxy) is 1. The van der Waals surface area contributed by atoms with E-state index in [1.807, 2.05) is 17.0 Å². The summed E-state index contributed by atoms with van der Waals surface area (Å²) in [6, 6.07) is 17.7. The van der Waals surface area contributed by atoms with Gasteiger partial charge in [-0.3, -0.25) is 25.1 Å². The first-order valence-corrected chi connectivity index (χ1v) is 14.7. The van der Waals surface area contributed by atoms with Crippen molar-refractivity contribution < 1.29 is 27.5 Å². The minimum absolute atomic E-state index is 0.105. The van der Waals surface area contributed by atoms with Crippen molar-refractivity contribution in [2.45, 2.75) is 16.4 Å². The number of nitrogens with two attached hydrogens (primary N) is 1. The van der Waals surface area contributed by atoms with Gasteiger partial charge in [-0.2, -0.15) is 0 Å². The zero-order chi connectivity index (χ0) is 28.5. The molecule has 0 bridgehead atoms. The molecule has 2 saturated heterocycles. The Bertz CT molecular complexity index is 1520. The van der Waals surface area contributed by atoms with E-state index in [4.69, 9.17) is 9.88 Å². The predicted molar refractivity (Wildman–Crippen MR) is 149 cm³/mol. The lowest BCUT2D eigenvalue weighted by Gasteiger charge is -2.47. The maximum Gasteiger partial charge on any atom is 0.328 e.